The fourth-order valence-electron chi connectivity index (χ4n) is 2.78. The van der Waals surface area contributed by atoms with E-state index in [1.807, 2.05) is 6.92 Å². The molecular formula is C24H23NO5. The summed E-state index contributed by atoms with van der Waals surface area (Å²) >= 11 is 0. The number of carbonyl (C=O) groups is 2. The quantitative estimate of drug-likeness (QED) is 0.559. The minimum atomic E-state index is -0.958. The summed E-state index contributed by atoms with van der Waals surface area (Å²) in [4.78, 5) is 24.7. The van der Waals surface area contributed by atoms with E-state index in [-0.39, 0.29) is 5.75 Å². The summed E-state index contributed by atoms with van der Waals surface area (Å²) in [7, 11) is 0. The number of aromatic hydroxyl groups is 1. The van der Waals surface area contributed by atoms with E-state index in [9.17, 15) is 14.7 Å². The smallest absolute Gasteiger partial charge is 0.338 e. The summed E-state index contributed by atoms with van der Waals surface area (Å²) in [5.41, 5.74) is 2.74. The van der Waals surface area contributed by atoms with Crippen LogP contribution in [0.3, 0.4) is 0 Å². The number of ether oxygens (including phenoxy) is 2. The number of phenols is 1. The summed E-state index contributed by atoms with van der Waals surface area (Å²) < 4.78 is 10.6. The topological polar surface area (TPSA) is 84.9 Å². The van der Waals surface area contributed by atoms with Crippen LogP contribution >= 0.6 is 0 Å². The monoisotopic (exact) mass is 405 g/mol. The van der Waals surface area contributed by atoms with Crippen LogP contribution in [-0.4, -0.2) is 29.7 Å². The number of benzene rings is 3. The Bertz CT molecular complexity index is 995. The predicted octanol–water partition coefficient (Wildman–Crippen LogP) is 4.64. The summed E-state index contributed by atoms with van der Waals surface area (Å²) in [6.07, 6.45) is -0.958. The van der Waals surface area contributed by atoms with Crippen LogP contribution < -0.4 is 10.1 Å². The van der Waals surface area contributed by atoms with E-state index < -0.39 is 18.0 Å². The maximum absolute atomic E-state index is 12.4. The lowest BCUT2D eigenvalue weighted by Crippen LogP contribution is -2.30. The molecule has 1 atom stereocenters. The van der Waals surface area contributed by atoms with E-state index in [1.54, 1.807) is 72.8 Å². The molecule has 0 bridgehead atoms. The van der Waals surface area contributed by atoms with E-state index in [0.29, 0.717) is 23.6 Å². The van der Waals surface area contributed by atoms with Crippen molar-refractivity contribution >= 4 is 17.6 Å². The number of carbonyl (C=O) groups excluding carboxylic acids is 2. The highest BCUT2D eigenvalue weighted by molar-refractivity contribution is 5.97. The first-order chi connectivity index (χ1) is 14.5. The Morgan fingerprint density at radius 2 is 1.47 bits per heavy atom. The molecule has 0 saturated carbocycles. The van der Waals surface area contributed by atoms with Crippen LogP contribution in [0.4, 0.5) is 5.69 Å². The van der Waals surface area contributed by atoms with Crippen molar-refractivity contribution in [3.05, 3.63) is 78.4 Å². The van der Waals surface area contributed by atoms with Crippen LogP contribution in [0.25, 0.3) is 11.1 Å². The van der Waals surface area contributed by atoms with Crippen molar-refractivity contribution in [2.24, 2.45) is 0 Å². The third-order valence-corrected chi connectivity index (χ3v) is 4.41. The standard InChI is InChI=1S/C24H23NO5/c1-3-29-22-14-10-20(11-15-22)25-23(27)16(2)30-24(28)19-6-4-17(5-7-19)18-8-12-21(26)13-9-18/h4-16,26H,3H2,1-2H3,(H,25,27)/t16-/m0/s1. The number of nitrogens with one attached hydrogen (secondary N) is 1. The second-order valence-corrected chi connectivity index (χ2v) is 6.62. The third-order valence-electron chi connectivity index (χ3n) is 4.41. The second-order valence-electron chi connectivity index (χ2n) is 6.62. The van der Waals surface area contributed by atoms with Gasteiger partial charge in [-0.15, -0.1) is 0 Å². The molecule has 1 amide bonds. The number of amides is 1. The lowest BCUT2D eigenvalue weighted by atomic mass is 10.0. The van der Waals surface area contributed by atoms with Crippen LogP contribution in [0.15, 0.2) is 72.8 Å². The SMILES string of the molecule is CCOc1ccc(NC(=O)[C@H](C)OC(=O)c2ccc(-c3ccc(O)cc3)cc2)cc1. The number of hydrogen-bond donors (Lipinski definition) is 2. The summed E-state index contributed by atoms with van der Waals surface area (Å²) in [6.45, 7) is 3.98. The van der Waals surface area contributed by atoms with Crippen molar-refractivity contribution in [3.63, 3.8) is 0 Å². The van der Waals surface area contributed by atoms with Crippen LogP contribution in [-0.2, 0) is 9.53 Å². The molecular weight excluding hydrogens is 382 g/mol. The molecule has 0 aliphatic rings. The van der Waals surface area contributed by atoms with Crippen molar-refractivity contribution in [1.82, 2.24) is 0 Å². The van der Waals surface area contributed by atoms with Crippen molar-refractivity contribution in [2.75, 3.05) is 11.9 Å². The van der Waals surface area contributed by atoms with Gasteiger partial charge in [0.25, 0.3) is 5.91 Å². The molecule has 3 aromatic rings. The van der Waals surface area contributed by atoms with Gasteiger partial charge >= 0.3 is 5.97 Å². The third kappa shape index (κ3) is 5.38. The normalized spacial score (nSPS) is 11.4. The van der Waals surface area contributed by atoms with Crippen molar-refractivity contribution in [3.8, 4) is 22.6 Å². The molecule has 0 aliphatic carbocycles. The van der Waals surface area contributed by atoms with E-state index >= 15 is 0 Å². The number of phenolic OH excluding ortho intramolecular Hbond substituents is 1. The molecule has 0 saturated heterocycles. The molecule has 0 aromatic heterocycles. The van der Waals surface area contributed by atoms with Crippen LogP contribution in [0.1, 0.15) is 24.2 Å². The first-order valence-electron chi connectivity index (χ1n) is 9.60. The molecule has 0 fully saturated rings. The zero-order valence-corrected chi connectivity index (χ0v) is 16.8. The lowest BCUT2D eigenvalue weighted by Gasteiger charge is -2.14. The Morgan fingerprint density at radius 1 is 0.900 bits per heavy atom. The van der Waals surface area contributed by atoms with Gasteiger partial charge in [-0.25, -0.2) is 4.79 Å². The Morgan fingerprint density at radius 3 is 2.03 bits per heavy atom. The molecule has 0 spiro atoms. The fourth-order valence-corrected chi connectivity index (χ4v) is 2.78. The van der Waals surface area contributed by atoms with Gasteiger partial charge in [0, 0.05) is 5.69 Å². The number of esters is 1. The Labute approximate surface area is 175 Å². The van der Waals surface area contributed by atoms with Crippen LogP contribution in [0.2, 0.25) is 0 Å². The first-order valence-corrected chi connectivity index (χ1v) is 9.60. The highest BCUT2D eigenvalue weighted by Gasteiger charge is 2.19. The summed E-state index contributed by atoms with van der Waals surface area (Å²) in [5.74, 6) is -0.100. The van der Waals surface area contributed by atoms with Crippen molar-refractivity contribution in [1.29, 1.82) is 0 Å². The average molecular weight is 405 g/mol. The van der Waals surface area contributed by atoms with E-state index in [0.717, 1.165) is 11.1 Å². The number of anilines is 1. The van der Waals surface area contributed by atoms with Crippen LogP contribution in [0.5, 0.6) is 11.5 Å². The zero-order valence-electron chi connectivity index (χ0n) is 16.8. The van der Waals surface area contributed by atoms with Gasteiger partial charge < -0.3 is 19.9 Å². The van der Waals surface area contributed by atoms with Gasteiger partial charge in [0.05, 0.1) is 12.2 Å². The molecule has 154 valence electrons. The van der Waals surface area contributed by atoms with Gasteiger partial charge in [-0.2, -0.15) is 0 Å². The van der Waals surface area contributed by atoms with E-state index in [4.69, 9.17) is 9.47 Å². The van der Waals surface area contributed by atoms with Gasteiger partial charge in [0.1, 0.15) is 11.5 Å². The predicted molar refractivity (Wildman–Crippen MR) is 115 cm³/mol. The molecule has 0 heterocycles. The molecule has 3 aromatic carbocycles. The largest absolute Gasteiger partial charge is 0.508 e. The summed E-state index contributed by atoms with van der Waals surface area (Å²) in [5, 5.41) is 12.1. The van der Waals surface area contributed by atoms with Gasteiger partial charge in [-0.1, -0.05) is 24.3 Å². The van der Waals surface area contributed by atoms with Crippen molar-refractivity contribution < 1.29 is 24.2 Å². The number of rotatable bonds is 7. The van der Waals surface area contributed by atoms with Gasteiger partial charge in [0.2, 0.25) is 0 Å². The maximum Gasteiger partial charge on any atom is 0.338 e. The lowest BCUT2D eigenvalue weighted by molar-refractivity contribution is -0.123. The molecule has 2 N–H and O–H groups in total. The van der Waals surface area contributed by atoms with Gasteiger partial charge in [-0.3, -0.25) is 4.79 Å². The van der Waals surface area contributed by atoms with Crippen LogP contribution in [0, 0.1) is 0 Å². The highest BCUT2D eigenvalue weighted by atomic mass is 16.5. The molecule has 3 rings (SSSR count). The highest BCUT2D eigenvalue weighted by Crippen LogP contribution is 2.22. The summed E-state index contributed by atoms with van der Waals surface area (Å²) in [6, 6.07) is 20.6. The van der Waals surface area contributed by atoms with Gasteiger partial charge in [0.15, 0.2) is 6.10 Å². The average Bonchev–Trinajstić information content (AvgIpc) is 2.76. The minimum Gasteiger partial charge on any atom is -0.508 e. The van der Waals surface area contributed by atoms with Crippen molar-refractivity contribution in [2.45, 2.75) is 20.0 Å². The van der Waals surface area contributed by atoms with E-state index in [1.165, 1.54) is 6.92 Å². The van der Waals surface area contributed by atoms with Gasteiger partial charge in [-0.05, 0) is 73.5 Å². The fraction of sp³-hybridized carbons (Fsp3) is 0.167. The zero-order chi connectivity index (χ0) is 21.5. The Kier molecular flexibility index (Phi) is 6.70. The first kappa shape index (κ1) is 20.9. The molecule has 30 heavy (non-hydrogen) atoms. The Hall–Kier alpha value is -3.80. The molecule has 0 radical (unpaired) electrons. The maximum atomic E-state index is 12.4. The minimum absolute atomic E-state index is 0.191. The molecule has 6 nitrogen and oxygen atoms in total. The molecule has 0 unspecified atom stereocenters. The number of hydrogen-bond acceptors (Lipinski definition) is 5. The Balaban J connectivity index is 1.57. The second kappa shape index (κ2) is 9.60. The molecule has 6 heteroatoms. The van der Waals surface area contributed by atoms with E-state index in [2.05, 4.69) is 5.32 Å². The molecule has 0 aliphatic heterocycles.